The third-order valence-electron chi connectivity index (χ3n) is 7.91. The number of carbonyl (C=O) groups is 3. The molecule has 3 aromatic rings. The Bertz CT molecular complexity index is 1340. The highest BCUT2D eigenvalue weighted by Crippen LogP contribution is 2.27. The summed E-state index contributed by atoms with van der Waals surface area (Å²) in [6.45, 7) is 5.22. The highest BCUT2D eigenvalue weighted by Gasteiger charge is 2.30. The molecule has 1 fully saturated rings. The van der Waals surface area contributed by atoms with Crippen LogP contribution in [0.4, 0.5) is 11.4 Å². The molecular weight excluding hydrogens is 568 g/mol. The van der Waals surface area contributed by atoms with Crippen molar-refractivity contribution >= 4 is 35.3 Å². The molecule has 238 valence electrons. The van der Waals surface area contributed by atoms with E-state index in [4.69, 9.17) is 10.5 Å². The van der Waals surface area contributed by atoms with Gasteiger partial charge in [-0.15, -0.1) is 0 Å². The SMILES string of the molecule is CC(=O)C(CCCN=CN)NC(=O)C(NCCC(c1ccccc1)c1ccccc1)C(=O)Nc1ccc(N2CCOCC2)cc1. The van der Waals surface area contributed by atoms with Crippen molar-refractivity contribution in [3.05, 3.63) is 96.1 Å². The molecule has 3 aromatic carbocycles. The van der Waals surface area contributed by atoms with Gasteiger partial charge < -0.3 is 26.0 Å². The Labute approximate surface area is 265 Å². The first-order valence-electron chi connectivity index (χ1n) is 15.5. The fourth-order valence-corrected chi connectivity index (χ4v) is 5.46. The standard InChI is InChI=1S/C35H44N6O4/c1-26(42)32(13-8-19-37-25-36)40-35(44)33(34(43)39-29-14-16-30(17-15-29)41-21-23-45-24-22-41)38-20-18-31(27-9-4-2-5-10-27)28-11-6-3-7-12-28/h2-7,9-12,14-17,25,31-33,38H,8,13,18-24H2,1H3,(H2,36,37)(H,39,43)(H,40,44). The van der Waals surface area contributed by atoms with Crippen LogP contribution in [0.25, 0.3) is 0 Å². The van der Waals surface area contributed by atoms with Gasteiger partial charge in [-0.25, -0.2) is 0 Å². The topological polar surface area (TPSA) is 138 Å². The van der Waals surface area contributed by atoms with Crippen LogP contribution in [0.5, 0.6) is 0 Å². The molecule has 1 heterocycles. The van der Waals surface area contributed by atoms with Crippen LogP contribution < -0.4 is 26.6 Å². The maximum absolute atomic E-state index is 13.6. The summed E-state index contributed by atoms with van der Waals surface area (Å²) < 4.78 is 5.44. The van der Waals surface area contributed by atoms with E-state index in [1.54, 1.807) is 0 Å². The van der Waals surface area contributed by atoms with Crippen LogP contribution in [0.1, 0.15) is 43.2 Å². The van der Waals surface area contributed by atoms with Gasteiger partial charge in [0.25, 0.3) is 5.91 Å². The molecule has 0 radical (unpaired) electrons. The van der Waals surface area contributed by atoms with Crippen molar-refractivity contribution < 1.29 is 19.1 Å². The number of nitrogens with zero attached hydrogens (tertiary/aromatic N) is 2. The second kappa shape index (κ2) is 17.7. The molecule has 10 nitrogen and oxygen atoms in total. The molecule has 2 atom stereocenters. The lowest BCUT2D eigenvalue weighted by molar-refractivity contribution is -0.132. The van der Waals surface area contributed by atoms with Crippen LogP contribution in [-0.2, 0) is 19.1 Å². The smallest absolute Gasteiger partial charge is 0.251 e. The van der Waals surface area contributed by atoms with E-state index in [9.17, 15) is 14.4 Å². The van der Waals surface area contributed by atoms with Crippen LogP contribution in [0.3, 0.4) is 0 Å². The van der Waals surface area contributed by atoms with E-state index in [1.165, 1.54) is 13.3 Å². The monoisotopic (exact) mass is 612 g/mol. The number of nitrogens with one attached hydrogen (secondary N) is 3. The van der Waals surface area contributed by atoms with Crippen molar-refractivity contribution in [3.63, 3.8) is 0 Å². The Balaban J connectivity index is 1.48. The van der Waals surface area contributed by atoms with Crippen LogP contribution in [0.2, 0.25) is 0 Å². The minimum atomic E-state index is -1.22. The number of nitrogens with two attached hydrogens (primary N) is 1. The number of amides is 2. The molecule has 0 aromatic heterocycles. The summed E-state index contributed by atoms with van der Waals surface area (Å²) in [6, 6.07) is 25.9. The summed E-state index contributed by atoms with van der Waals surface area (Å²) in [5, 5.41) is 8.89. The number of hydrogen-bond donors (Lipinski definition) is 4. The molecule has 1 saturated heterocycles. The van der Waals surface area contributed by atoms with E-state index in [0.29, 0.717) is 51.3 Å². The minimum Gasteiger partial charge on any atom is -0.390 e. The van der Waals surface area contributed by atoms with Gasteiger partial charge in [0.15, 0.2) is 11.8 Å². The lowest BCUT2D eigenvalue weighted by Gasteiger charge is -2.29. The molecular formula is C35H44N6O4. The van der Waals surface area contributed by atoms with Gasteiger partial charge in [-0.05, 0) is 68.1 Å². The molecule has 2 unspecified atom stereocenters. The molecule has 2 amide bonds. The number of hydrogen-bond acceptors (Lipinski definition) is 7. The number of rotatable bonds is 16. The second-order valence-corrected chi connectivity index (χ2v) is 11.1. The second-order valence-electron chi connectivity index (χ2n) is 11.1. The molecule has 4 rings (SSSR count). The predicted octanol–water partition coefficient (Wildman–Crippen LogP) is 3.48. The van der Waals surface area contributed by atoms with Crippen LogP contribution in [0.15, 0.2) is 89.9 Å². The summed E-state index contributed by atoms with van der Waals surface area (Å²) in [5.41, 5.74) is 9.23. The highest BCUT2D eigenvalue weighted by atomic mass is 16.5. The highest BCUT2D eigenvalue weighted by molar-refractivity contribution is 6.10. The van der Waals surface area contributed by atoms with Gasteiger partial charge in [0.2, 0.25) is 5.91 Å². The lowest BCUT2D eigenvalue weighted by Crippen LogP contribution is -2.55. The quantitative estimate of drug-likeness (QED) is 0.0841. The first-order valence-corrected chi connectivity index (χ1v) is 15.5. The maximum Gasteiger partial charge on any atom is 0.251 e. The molecule has 1 aliphatic heterocycles. The predicted molar refractivity (Wildman–Crippen MR) is 179 cm³/mol. The molecule has 10 heteroatoms. The lowest BCUT2D eigenvalue weighted by atomic mass is 9.88. The van der Waals surface area contributed by atoms with Crippen molar-refractivity contribution in [3.8, 4) is 0 Å². The van der Waals surface area contributed by atoms with Crippen LogP contribution >= 0.6 is 0 Å². The zero-order valence-corrected chi connectivity index (χ0v) is 25.9. The number of aliphatic imine (C=N–C) groups is 1. The van der Waals surface area contributed by atoms with E-state index in [-0.39, 0.29) is 11.7 Å². The third kappa shape index (κ3) is 10.3. The Hall–Kier alpha value is -4.54. The molecule has 45 heavy (non-hydrogen) atoms. The molecule has 0 aliphatic carbocycles. The summed E-state index contributed by atoms with van der Waals surface area (Å²) in [5.74, 6) is -1.19. The van der Waals surface area contributed by atoms with Gasteiger partial charge in [0.05, 0.1) is 25.6 Å². The van der Waals surface area contributed by atoms with Gasteiger partial charge in [0.1, 0.15) is 0 Å². The zero-order valence-electron chi connectivity index (χ0n) is 25.9. The van der Waals surface area contributed by atoms with Crippen molar-refractivity contribution in [2.24, 2.45) is 10.7 Å². The first kappa shape index (κ1) is 33.4. The fourth-order valence-electron chi connectivity index (χ4n) is 5.46. The van der Waals surface area contributed by atoms with E-state index >= 15 is 0 Å². The molecule has 0 bridgehead atoms. The summed E-state index contributed by atoms with van der Waals surface area (Å²) in [6.07, 6.45) is 2.82. The number of morpholine rings is 1. The van der Waals surface area contributed by atoms with Crippen molar-refractivity contribution in [2.75, 3.05) is 49.6 Å². The largest absolute Gasteiger partial charge is 0.390 e. The molecule has 5 N–H and O–H groups in total. The number of ether oxygens (including phenoxy) is 1. The molecule has 1 aliphatic rings. The van der Waals surface area contributed by atoms with E-state index in [2.05, 4.69) is 50.1 Å². The number of carbonyl (C=O) groups excluding carboxylic acids is 3. The summed E-state index contributed by atoms with van der Waals surface area (Å²) in [4.78, 5) is 45.8. The average molecular weight is 613 g/mol. The summed E-state index contributed by atoms with van der Waals surface area (Å²) in [7, 11) is 0. The average Bonchev–Trinajstić information content (AvgIpc) is 3.07. The Kier molecular flexibility index (Phi) is 13.1. The van der Waals surface area contributed by atoms with Crippen LogP contribution in [0, 0.1) is 0 Å². The van der Waals surface area contributed by atoms with Crippen molar-refractivity contribution in [1.82, 2.24) is 10.6 Å². The summed E-state index contributed by atoms with van der Waals surface area (Å²) >= 11 is 0. The van der Waals surface area contributed by atoms with Gasteiger partial charge in [-0.3, -0.25) is 24.7 Å². The van der Waals surface area contributed by atoms with E-state index in [1.807, 2.05) is 60.7 Å². The Morgan fingerprint density at radius 3 is 2.09 bits per heavy atom. The normalized spacial score (nSPS) is 14.7. The van der Waals surface area contributed by atoms with Gasteiger partial charge in [-0.2, -0.15) is 0 Å². The van der Waals surface area contributed by atoms with Gasteiger partial charge >= 0.3 is 0 Å². The first-order chi connectivity index (χ1) is 22.0. The minimum absolute atomic E-state index is 0.0625. The van der Waals surface area contributed by atoms with Crippen LogP contribution in [-0.4, -0.2) is 75.4 Å². The van der Waals surface area contributed by atoms with Gasteiger partial charge in [0, 0.05) is 36.9 Å². The van der Waals surface area contributed by atoms with E-state index < -0.39 is 23.9 Å². The Morgan fingerprint density at radius 2 is 1.51 bits per heavy atom. The third-order valence-corrected chi connectivity index (χ3v) is 7.91. The maximum atomic E-state index is 13.6. The Morgan fingerprint density at radius 1 is 0.889 bits per heavy atom. The van der Waals surface area contributed by atoms with Crippen molar-refractivity contribution in [1.29, 1.82) is 0 Å². The van der Waals surface area contributed by atoms with Gasteiger partial charge in [-0.1, -0.05) is 60.7 Å². The number of ketones is 1. The number of benzene rings is 3. The van der Waals surface area contributed by atoms with E-state index in [0.717, 1.165) is 29.9 Å². The number of anilines is 2. The molecule has 0 spiro atoms. The van der Waals surface area contributed by atoms with Crippen molar-refractivity contribution in [2.45, 2.75) is 44.2 Å². The fraction of sp³-hybridized carbons (Fsp3) is 0.371. The molecule has 0 saturated carbocycles. The zero-order chi connectivity index (χ0) is 31.9. The number of Topliss-reactive ketones (excluding diaryl/α,β-unsaturated/α-hetero) is 1.